The standard InChI is InChI=1S/C38H35FN4O3/c1-46-36-10-6-5-9-35(36)43-23-21-42(22-24-43)34-20-19-32(25-33(34)38(45)40-26-27-11-17-31(39)18-12-27)41-37(44)30-15-13-29(14-16-30)28-7-3-2-4-8-28/h2-20,25H,21-24,26H2,1H3,(H,40,45)(H,41,44). The Labute approximate surface area is 268 Å². The summed E-state index contributed by atoms with van der Waals surface area (Å²) >= 11 is 0. The van der Waals surface area contributed by atoms with Crippen molar-refractivity contribution < 1.29 is 18.7 Å². The molecule has 0 aliphatic carbocycles. The Morgan fingerprint density at radius 3 is 2.02 bits per heavy atom. The third-order valence-corrected chi connectivity index (χ3v) is 8.17. The van der Waals surface area contributed by atoms with Gasteiger partial charge in [-0.25, -0.2) is 4.39 Å². The normalized spacial score (nSPS) is 12.8. The number of nitrogens with zero attached hydrogens (tertiary/aromatic N) is 2. The molecule has 1 fully saturated rings. The first-order valence-electron chi connectivity index (χ1n) is 15.2. The molecule has 46 heavy (non-hydrogen) atoms. The molecule has 8 heteroatoms. The highest BCUT2D eigenvalue weighted by Gasteiger charge is 2.24. The van der Waals surface area contributed by atoms with Crippen molar-refractivity contribution in [2.75, 3.05) is 48.4 Å². The van der Waals surface area contributed by atoms with Gasteiger partial charge in [-0.1, -0.05) is 66.7 Å². The first-order chi connectivity index (χ1) is 22.5. The van der Waals surface area contributed by atoms with Crippen LogP contribution in [0.5, 0.6) is 5.75 Å². The average Bonchev–Trinajstić information content (AvgIpc) is 3.11. The number of halogens is 1. The highest BCUT2D eigenvalue weighted by molar-refractivity contribution is 6.06. The number of rotatable bonds is 9. The summed E-state index contributed by atoms with van der Waals surface area (Å²) in [6.07, 6.45) is 0. The molecule has 0 atom stereocenters. The Bertz CT molecular complexity index is 1800. The SMILES string of the molecule is COc1ccccc1N1CCN(c2ccc(NC(=O)c3ccc(-c4ccccc4)cc3)cc2C(=O)NCc2ccc(F)cc2)CC1. The zero-order valence-electron chi connectivity index (χ0n) is 25.6. The lowest BCUT2D eigenvalue weighted by Crippen LogP contribution is -2.47. The Morgan fingerprint density at radius 2 is 1.33 bits per heavy atom. The van der Waals surface area contributed by atoms with Crippen LogP contribution >= 0.6 is 0 Å². The van der Waals surface area contributed by atoms with E-state index in [0.29, 0.717) is 29.9 Å². The summed E-state index contributed by atoms with van der Waals surface area (Å²) in [5, 5.41) is 5.93. The van der Waals surface area contributed by atoms with E-state index in [1.807, 2.05) is 72.8 Å². The number of carbonyl (C=O) groups excluding carboxylic acids is 2. The maximum absolute atomic E-state index is 13.6. The summed E-state index contributed by atoms with van der Waals surface area (Å²) in [6, 6.07) is 36.8. The van der Waals surface area contributed by atoms with E-state index in [0.717, 1.165) is 46.9 Å². The number of hydrogen-bond donors (Lipinski definition) is 2. The zero-order valence-corrected chi connectivity index (χ0v) is 25.6. The van der Waals surface area contributed by atoms with Gasteiger partial charge in [0, 0.05) is 49.7 Å². The molecule has 0 spiro atoms. The lowest BCUT2D eigenvalue weighted by molar-refractivity contribution is 0.0950. The van der Waals surface area contributed by atoms with Gasteiger partial charge in [0.15, 0.2) is 0 Å². The Hall–Kier alpha value is -5.63. The van der Waals surface area contributed by atoms with Gasteiger partial charge in [-0.2, -0.15) is 0 Å². The second kappa shape index (κ2) is 14.0. The van der Waals surface area contributed by atoms with Crippen molar-refractivity contribution in [1.29, 1.82) is 0 Å². The number of nitrogens with one attached hydrogen (secondary N) is 2. The molecule has 0 radical (unpaired) electrons. The number of benzene rings is 5. The largest absolute Gasteiger partial charge is 0.495 e. The van der Waals surface area contributed by atoms with Crippen molar-refractivity contribution in [3.05, 3.63) is 144 Å². The van der Waals surface area contributed by atoms with E-state index in [9.17, 15) is 14.0 Å². The second-order valence-electron chi connectivity index (χ2n) is 11.1. The van der Waals surface area contributed by atoms with Crippen LogP contribution in [0.1, 0.15) is 26.3 Å². The molecular formula is C38H35FN4O3. The fraction of sp³-hybridized carbons (Fsp3) is 0.158. The molecule has 1 aliphatic heterocycles. The number of anilines is 3. The van der Waals surface area contributed by atoms with Gasteiger partial charge in [0.05, 0.1) is 18.4 Å². The van der Waals surface area contributed by atoms with Crippen LogP contribution in [0.4, 0.5) is 21.5 Å². The summed E-state index contributed by atoms with van der Waals surface area (Å²) in [5.74, 6) is -0.0559. The molecular weight excluding hydrogens is 579 g/mol. The molecule has 232 valence electrons. The third-order valence-electron chi connectivity index (χ3n) is 8.17. The van der Waals surface area contributed by atoms with Gasteiger partial charge in [-0.05, 0) is 71.3 Å². The van der Waals surface area contributed by atoms with Gasteiger partial charge in [-0.15, -0.1) is 0 Å². The average molecular weight is 615 g/mol. The van der Waals surface area contributed by atoms with Gasteiger partial charge >= 0.3 is 0 Å². The lowest BCUT2D eigenvalue weighted by atomic mass is 10.0. The Balaban J connectivity index is 1.21. The van der Waals surface area contributed by atoms with E-state index in [1.165, 1.54) is 12.1 Å². The van der Waals surface area contributed by atoms with Gasteiger partial charge in [0.2, 0.25) is 0 Å². The quantitative estimate of drug-likeness (QED) is 0.187. The van der Waals surface area contributed by atoms with Crippen molar-refractivity contribution >= 4 is 28.9 Å². The van der Waals surface area contributed by atoms with Crippen molar-refractivity contribution in [2.45, 2.75) is 6.54 Å². The van der Waals surface area contributed by atoms with Gasteiger partial charge in [0.1, 0.15) is 11.6 Å². The van der Waals surface area contributed by atoms with Crippen molar-refractivity contribution in [1.82, 2.24) is 5.32 Å². The molecule has 5 aromatic carbocycles. The van der Waals surface area contributed by atoms with Crippen LogP contribution in [0.15, 0.2) is 121 Å². The Morgan fingerprint density at radius 1 is 0.696 bits per heavy atom. The molecule has 6 rings (SSSR count). The fourth-order valence-electron chi connectivity index (χ4n) is 5.68. The van der Waals surface area contributed by atoms with Gasteiger partial charge in [0.25, 0.3) is 11.8 Å². The number of methoxy groups -OCH3 is 1. The predicted molar refractivity (Wildman–Crippen MR) is 181 cm³/mol. The van der Waals surface area contributed by atoms with Crippen LogP contribution in [-0.4, -0.2) is 45.1 Å². The maximum atomic E-state index is 13.6. The highest BCUT2D eigenvalue weighted by Crippen LogP contribution is 2.31. The fourth-order valence-corrected chi connectivity index (χ4v) is 5.68. The number of carbonyl (C=O) groups is 2. The number of amides is 2. The van der Waals surface area contributed by atoms with Crippen molar-refractivity contribution in [3.63, 3.8) is 0 Å². The summed E-state index contributed by atoms with van der Waals surface area (Å²) in [4.78, 5) is 31.3. The predicted octanol–water partition coefficient (Wildman–Crippen LogP) is 7.01. The summed E-state index contributed by atoms with van der Waals surface area (Å²) in [7, 11) is 1.67. The minimum Gasteiger partial charge on any atom is -0.495 e. The molecule has 5 aromatic rings. The highest BCUT2D eigenvalue weighted by atomic mass is 19.1. The maximum Gasteiger partial charge on any atom is 0.255 e. The number of para-hydroxylation sites is 2. The molecule has 0 unspecified atom stereocenters. The van der Waals surface area contributed by atoms with Gasteiger partial charge in [-0.3, -0.25) is 9.59 Å². The molecule has 0 aromatic heterocycles. The first kappa shape index (κ1) is 30.4. The van der Waals surface area contributed by atoms with E-state index in [-0.39, 0.29) is 24.2 Å². The van der Waals surface area contributed by atoms with Crippen LogP contribution in [0.25, 0.3) is 11.1 Å². The monoisotopic (exact) mass is 614 g/mol. The Kier molecular flexibility index (Phi) is 9.24. The molecule has 2 amide bonds. The number of ether oxygens (including phenoxy) is 1. The molecule has 7 nitrogen and oxygen atoms in total. The van der Waals surface area contributed by atoms with Crippen LogP contribution in [-0.2, 0) is 6.54 Å². The van der Waals surface area contributed by atoms with E-state index in [4.69, 9.17) is 4.74 Å². The summed E-state index contributed by atoms with van der Waals surface area (Å²) in [6.45, 7) is 3.11. The minimum atomic E-state index is -0.331. The van der Waals surface area contributed by atoms with E-state index in [1.54, 1.807) is 37.4 Å². The summed E-state index contributed by atoms with van der Waals surface area (Å²) < 4.78 is 19.0. The van der Waals surface area contributed by atoms with Crippen LogP contribution in [0, 0.1) is 5.82 Å². The van der Waals surface area contributed by atoms with E-state index >= 15 is 0 Å². The summed E-state index contributed by atoms with van der Waals surface area (Å²) in [5.41, 5.74) is 6.17. The van der Waals surface area contributed by atoms with Crippen molar-refractivity contribution in [2.24, 2.45) is 0 Å². The number of hydrogen-bond acceptors (Lipinski definition) is 5. The lowest BCUT2D eigenvalue weighted by Gasteiger charge is -2.38. The number of piperazine rings is 1. The first-order valence-corrected chi connectivity index (χ1v) is 15.2. The van der Waals surface area contributed by atoms with Crippen LogP contribution in [0.3, 0.4) is 0 Å². The van der Waals surface area contributed by atoms with Crippen molar-refractivity contribution in [3.8, 4) is 16.9 Å². The minimum absolute atomic E-state index is 0.241. The van der Waals surface area contributed by atoms with Gasteiger partial charge < -0.3 is 25.2 Å². The van der Waals surface area contributed by atoms with E-state index < -0.39 is 0 Å². The molecule has 1 aliphatic rings. The van der Waals surface area contributed by atoms with Crippen LogP contribution in [0.2, 0.25) is 0 Å². The molecule has 0 saturated carbocycles. The topological polar surface area (TPSA) is 73.9 Å². The van der Waals surface area contributed by atoms with Crippen LogP contribution < -0.4 is 25.2 Å². The zero-order chi connectivity index (χ0) is 31.9. The second-order valence-corrected chi connectivity index (χ2v) is 11.1. The third kappa shape index (κ3) is 7.02. The molecule has 2 N–H and O–H groups in total. The van der Waals surface area contributed by atoms with E-state index in [2.05, 4.69) is 26.5 Å². The smallest absolute Gasteiger partial charge is 0.255 e. The molecule has 0 bridgehead atoms. The molecule has 1 saturated heterocycles. The molecule has 1 heterocycles.